The summed E-state index contributed by atoms with van der Waals surface area (Å²) in [6, 6.07) is 15.1. The predicted molar refractivity (Wildman–Crippen MR) is 155 cm³/mol. The van der Waals surface area contributed by atoms with Crippen molar-refractivity contribution in [3.8, 4) is 0 Å². The van der Waals surface area contributed by atoms with Gasteiger partial charge in [0.2, 0.25) is 5.91 Å². The van der Waals surface area contributed by atoms with Crippen molar-refractivity contribution in [1.82, 2.24) is 4.90 Å². The summed E-state index contributed by atoms with van der Waals surface area (Å²) < 4.78 is 40.6. The Kier molecular flexibility index (Phi) is 8.21. The smallest absolute Gasteiger partial charge is 0.348 e. The summed E-state index contributed by atoms with van der Waals surface area (Å²) in [6.07, 6.45) is 3.24. The van der Waals surface area contributed by atoms with Crippen LogP contribution in [-0.4, -0.2) is 38.3 Å². The number of esters is 1. The van der Waals surface area contributed by atoms with Gasteiger partial charge in [-0.2, -0.15) is 0 Å². The van der Waals surface area contributed by atoms with Crippen LogP contribution >= 0.6 is 22.9 Å². The first-order chi connectivity index (χ1) is 19.2. The van der Waals surface area contributed by atoms with Crippen LogP contribution in [-0.2, 0) is 32.6 Å². The maximum Gasteiger partial charge on any atom is 0.348 e. The molecule has 5 rings (SSSR count). The van der Waals surface area contributed by atoms with Crippen LogP contribution in [0.3, 0.4) is 0 Å². The number of halogens is 1. The van der Waals surface area contributed by atoms with E-state index in [1.165, 1.54) is 21.7 Å². The minimum absolute atomic E-state index is 0.00813. The molecule has 40 heavy (non-hydrogen) atoms. The maximum absolute atomic E-state index is 14.0. The molecule has 0 atom stereocenters. The van der Waals surface area contributed by atoms with E-state index in [2.05, 4.69) is 0 Å². The van der Waals surface area contributed by atoms with Crippen LogP contribution in [0.4, 0.5) is 5.69 Å². The van der Waals surface area contributed by atoms with Crippen molar-refractivity contribution in [2.45, 2.75) is 44.7 Å². The van der Waals surface area contributed by atoms with E-state index >= 15 is 0 Å². The van der Waals surface area contributed by atoms with Gasteiger partial charge in [-0.1, -0.05) is 17.7 Å². The van der Waals surface area contributed by atoms with E-state index in [0.29, 0.717) is 31.6 Å². The van der Waals surface area contributed by atoms with Crippen molar-refractivity contribution in [2.75, 3.05) is 17.5 Å². The van der Waals surface area contributed by atoms with Gasteiger partial charge in [0.15, 0.2) is 0 Å². The third-order valence-corrected chi connectivity index (χ3v) is 9.88. The molecule has 2 heterocycles. The van der Waals surface area contributed by atoms with Crippen molar-refractivity contribution in [3.05, 3.63) is 82.1 Å². The number of thiophene rings is 1. The van der Waals surface area contributed by atoms with E-state index in [9.17, 15) is 18.0 Å². The monoisotopic (exact) mass is 600 g/mol. The number of carbonyl (C=O) groups is 2. The van der Waals surface area contributed by atoms with Gasteiger partial charge in [0.25, 0.3) is 10.0 Å². The molecule has 210 valence electrons. The number of furan rings is 1. The molecule has 0 unspecified atom stereocenters. The van der Waals surface area contributed by atoms with Crippen LogP contribution in [0, 0.1) is 5.92 Å². The Morgan fingerprint density at radius 1 is 1.07 bits per heavy atom. The van der Waals surface area contributed by atoms with Crippen LogP contribution < -0.4 is 4.31 Å². The van der Waals surface area contributed by atoms with Crippen LogP contribution in [0.1, 0.15) is 47.7 Å². The largest absolute Gasteiger partial charge is 0.467 e. The van der Waals surface area contributed by atoms with Gasteiger partial charge in [0, 0.05) is 28.7 Å². The number of ether oxygens (including phenoxy) is 1. The predicted octanol–water partition coefficient (Wildman–Crippen LogP) is 6.48. The summed E-state index contributed by atoms with van der Waals surface area (Å²) in [6.45, 7) is 4.34. The third-order valence-electron chi connectivity index (χ3n) is 6.68. The summed E-state index contributed by atoms with van der Waals surface area (Å²) in [5.41, 5.74) is 1.05. The summed E-state index contributed by atoms with van der Waals surface area (Å²) in [4.78, 5) is 27.6. The van der Waals surface area contributed by atoms with Gasteiger partial charge < -0.3 is 14.1 Å². The second kappa shape index (κ2) is 11.6. The molecular weight excluding hydrogens is 572 g/mol. The molecular formula is C29H29ClN2O6S2. The Morgan fingerprint density at radius 2 is 1.88 bits per heavy atom. The molecule has 0 bridgehead atoms. The molecule has 11 heteroatoms. The van der Waals surface area contributed by atoms with Gasteiger partial charge in [-0.15, -0.1) is 11.3 Å². The fourth-order valence-corrected chi connectivity index (χ4v) is 7.40. The molecule has 1 aliphatic rings. The quantitative estimate of drug-likeness (QED) is 0.183. The molecule has 8 nitrogen and oxygen atoms in total. The van der Waals surface area contributed by atoms with E-state index < -0.39 is 16.0 Å². The number of carbonyl (C=O) groups excluding carboxylic acids is 2. The molecule has 1 aliphatic carbocycles. The average Bonchev–Trinajstić information content (AvgIpc) is 3.47. The Balaban J connectivity index is 1.49. The number of sulfonamides is 1. The fourth-order valence-electron chi connectivity index (χ4n) is 4.59. The van der Waals surface area contributed by atoms with Crippen LogP contribution in [0.5, 0.6) is 0 Å². The van der Waals surface area contributed by atoms with Crippen molar-refractivity contribution >= 4 is 60.6 Å². The zero-order valence-corrected chi connectivity index (χ0v) is 24.5. The maximum atomic E-state index is 14.0. The van der Waals surface area contributed by atoms with Gasteiger partial charge in [0.05, 0.1) is 30.0 Å². The van der Waals surface area contributed by atoms with Crippen LogP contribution in [0.2, 0.25) is 5.02 Å². The van der Waals surface area contributed by atoms with E-state index in [-0.39, 0.29) is 43.0 Å². The molecule has 1 fully saturated rings. The number of hydrogen-bond donors (Lipinski definition) is 0. The molecule has 0 spiro atoms. The lowest BCUT2D eigenvalue weighted by atomic mass is 10.1. The molecule has 1 amide bonds. The van der Waals surface area contributed by atoms with Crippen molar-refractivity contribution in [3.63, 3.8) is 0 Å². The second-order valence-electron chi connectivity index (χ2n) is 9.52. The van der Waals surface area contributed by atoms with Crippen molar-refractivity contribution < 1.29 is 27.2 Å². The third kappa shape index (κ3) is 5.89. The molecule has 2 aromatic heterocycles. The Bertz CT molecular complexity index is 1640. The van der Waals surface area contributed by atoms with Crippen molar-refractivity contribution in [1.29, 1.82) is 0 Å². The standard InChI is InChI=1S/C29H29ClN2O6S2/c1-3-32(40(35,36)24-11-9-20-15-27(29(34)37-4-2)39-26(20)16-24)25-12-10-22(30)14-21(25)17-31(28(33)19-7-8-19)18-23-6-5-13-38-23/h5-6,9-16,19H,3-4,7-8,17-18H2,1-2H3. The number of hydrogen-bond acceptors (Lipinski definition) is 7. The van der Waals surface area contributed by atoms with Crippen LogP contribution in [0.25, 0.3) is 10.1 Å². The first-order valence-electron chi connectivity index (χ1n) is 13.0. The Morgan fingerprint density at radius 3 is 2.55 bits per heavy atom. The number of rotatable bonds is 11. The van der Waals surface area contributed by atoms with Gasteiger partial charge >= 0.3 is 5.97 Å². The SMILES string of the molecule is CCOC(=O)c1cc2ccc(S(=O)(=O)N(CC)c3ccc(Cl)cc3CN(Cc3ccco3)C(=O)C3CC3)cc2s1. The lowest BCUT2D eigenvalue weighted by molar-refractivity contribution is -0.134. The lowest BCUT2D eigenvalue weighted by Gasteiger charge is -2.28. The van der Waals surface area contributed by atoms with Crippen molar-refractivity contribution in [2.24, 2.45) is 5.92 Å². The van der Waals surface area contributed by atoms with Gasteiger partial charge in [-0.25, -0.2) is 13.2 Å². The number of nitrogens with zero attached hydrogens (tertiary/aromatic N) is 2. The zero-order chi connectivity index (χ0) is 28.4. The lowest BCUT2D eigenvalue weighted by Crippen LogP contribution is -2.34. The van der Waals surface area contributed by atoms with Gasteiger partial charge in [-0.3, -0.25) is 9.10 Å². The highest BCUT2D eigenvalue weighted by molar-refractivity contribution is 7.92. The molecule has 0 N–H and O–H groups in total. The Labute approximate surface area is 242 Å². The van der Waals surface area contributed by atoms with Gasteiger partial charge in [-0.05, 0) is 86.2 Å². The Hall–Kier alpha value is -3.34. The van der Waals surface area contributed by atoms with E-state index in [1.807, 2.05) is 6.07 Å². The second-order valence-corrected chi connectivity index (χ2v) is 12.9. The molecule has 0 saturated heterocycles. The number of anilines is 1. The topological polar surface area (TPSA) is 97.1 Å². The van der Waals surface area contributed by atoms with E-state index in [0.717, 1.165) is 18.2 Å². The summed E-state index contributed by atoms with van der Waals surface area (Å²) in [5, 5.41) is 1.20. The first-order valence-corrected chi connectivity index (χ1v) is 15.7. The molecule has 0 radical (unpaired) electrons. The minimum atomic E-state index is -4.00. The highest BCUT2D eigenvalue weighted by Crippen LogP contribution is 2.36. The minimum Gasteiger partial charge on any atom is -0.467 e. The summed E-state index contributed by atoms with van der Waals surface area (Å²) in [7, 11) is -4.00. The van der Waals surface area contributed by atoms with Crippen LogP contribution in [0.15, 0.2) is 70.2 Å². The zero-order valence-electron chi connectivity index (χ0n) is 22.1. The highest BCUT2D eigenvalue weighted by Gasteiger charge is 2.35. The van der Waals surface area contributed by atoms with E-state index in [4.69, 9.17) is 20.8 Å². The van der Waals surface area contributed by atoms with E-state index in [1.54, 1.807) is 67.5 Å². The summed E-state index contributed by atoms with van der Waals surface area (Å²) in [5.74, 6) is 0.187. The van der Waals surface area contributed by atoms with Gasteiger partial charge in [0.1, 0.15) is 10.6 Å². The molecule has 2 aromatic carbocycles. The molecule has 1 saturated carbocycles. The normalized spacial score (nSPS) is 13.4. The number of fused-ring (bicyclic) bond motifs is 1. The average molecular weight is 601 g/mol. The number of benzene rings is 2. The molecule has 4 aromatic rings. The highest BCUT2D eigenvalue weighted by atomic mass is 35.5. The molecule has 0 aliphatic heterocycles. The first kappa shape index (κ1) is 28.2. The fraction of sp³-hybridized carbons (Fsp3) is 0.310. The summed E-state index contributed by atoms with van der Waals surface area (Å²) >= 11 is 7.56. The number of amides is 1.